The normalized spacial score (nSPS) is 16.2. The van der Waals surface area contributed by atoms with Gasteiger partial charge in [-0.25, -0.2) is 0 Å². The van der Waals surface area contributed by atoms with Crippen LogP contribution in [0, 0.1) is 0 Å². The minimum atomic E-state index is -0.122. The molecule has 27 heavy (non-hydrogen) atoms. The zero-order valence-corrected chi connectivity index (χ0v) is 16.1. The third kappa shape index (κ3) is 4.87. The number of carbonyl (C=O) groups is 1. The molecule has 0 spiro atoms. The van der Waals surface area contributed by atoms with Crippen LogP contribution in [0.1, 0.15) is 41.4 Å². The summed E-state index contributed by atoms with van der Waals surface area (Å²) in [6, 6.07) is 7.23. The highest BCUT2D eigenvalue weighted by Gasteiger charge is 2.25. The molecule has 0 saturated heterocycles. The fourth-order valence-corrected chi connectivity index (χ4v) is 3.15. The number of carbonyl (C=O) groups excluding carboxylic acids is 1. The number of hydrogen-bond donors (Lipinski definition) is 1. The first-order valence-electron chi connectivity index (χ1n) is 9.24. The standard InChI is InChI=1S/C20H27N3O4/c1-14(2)27-17-6-4-5-15(9-17)20(24)21-10-16-12-26-13-19-18(16)11-22-23(19)7-8-25-3/h4-6,9,11,14,16H,7-8,10,12-13H2,1-3H3,(H,21,24). The Labute approximate surface area is 159 Å². The van der Waals surface area contributed by atoms with Crippen LogP contribution in [0.3, 0.4) is 0 Å². The van der Waals surface area contributed by atoms with E-state index in [2.05, 4.69) is 10.4 Å². The molecule has 1 aromatic carbocycles. The minimum absolute atomic E-state index is 0.0655. The maximum Gasteiger partial charge on any atom is 0.251 e. The van der Waals surface area contributed by atoms with Crippen molar-refractivity contribution in [2.45, 2.75) is 39.0 Å². The topological polar surface area (TPSA) is 74.6 Å². The van der Waals surface area contributed by atoms with Gasteiger partial charge in [0.15, 0.2) is 0 Å². The van der Waals surface area contributed by atoms with Crippen LogP contribution in [0.5, 0.6) is 5.75 Å². The van der Waals surface area contributed by atoms with Crippen LogP contribution in [-0.2, 0) is 22.6 Å². The molecule has 1 N–H and O–H groups in total. The maximum absolute atomic E-state index is 12.5. The fourth-order valence-electron chi connectivity index (χ4n) is 3.15. The monoisotopic (exact) mass is 373 g/mol. The molecule has 0 aliphatic carbocycles. The number of nitrogens with zero attached hydrogens (tertiary/aromatic N) is 2. The van der Waals surface area contributed by atoms with E-state index in [-0.39, 0.29) is 17.9 Å². The van der Waals surface area contributed by atoms with Gasteiger partial charge < -0.3 is 19.5 Å². The number of fused-ring (bicyclic) bond motifs is 1. The van der Waals surface area contributed by atoms with Crippen LogP contribution in [0.15, 0.2) is 30.5 Å². The number of methoxy groups -OCH3 is 1. The highest BCUT2D eigenvalue weighted by molar-refractivity contribution is 5.94. The van der Waals surface area contributed by atoms with Crippen LogP contribution in [0.25, 0.3) is 0 Å². The zero-order chi connectivity index (χ0) is 19.2. The van der Waals surface area contributed by atoms with E-state index in [4.69, 9.17) is 14.2 Å². The smallest absolute Gasteiger partial charge is 0.251 e. The molecule has 7 heteroatoms. The van der Waals surface area contributed by atoms with E-state index in [0.717, 1.165) is 11.3 Å². The summed E-state index contributed by atoms with van der Waals surface area (Å²) in [4.78, 5) is 12.5. The van der Waals surface area contributed by atoms with Crippen LogP contribution in [-0.4, -0.2) is 48.7 Å². The van der Waals surface area contributed by atoms with Gasteiger partial charge in [-0.2, -0.15) is 5.10 Å². The highest BCUT2D eigenvalue weighted by atomic mass is 16.5. The number of amides is 1. The average Bonchev–Trinajstić information content (AvgIpc) is 3.07. The van der Waals surface area contributed by atoms with Gasteiger partial charge in [0.1, 0.15) is 5.75 Å². The van der Waals surface area contributed by atoms with Crippen molar-refractivity contribution < 1.29 is 19.0 Å². The van der Waals surface area contributed by atoms with Gasteiger partial charge in [0.25, 0.3) is 5.91 Å². The number of aromatic nitrogens is 2. The van der Waals surface area contributed by atoms with E-state index in [9.17, 15) is 4.79 Å². The molecule has 3 rings (SSSR count). The van der Waals surface area contributed by atoms with Gasteiger partial charge in [-0.15, -0.1) is 0 Å². The molecule has 0 bridgehead atoms. The first-order chi connectivity index (χ1) is 13.1. The van der Waals surface area contributed by atoms with Gasteiger partial charge in [-0.3, -0.25) is 9.48 Å². The second-order valence-electron chi connectivity index (χ2n) is 6.88. The summed E-state index contributed by atoms with van der Waals surface area (Å²) in [5.74, 6) is 0.660. The second-order valence-corrected chi connectivity index (χ2v) is 6.88. The van der Waals surface area contributed by atoms with Gasteiger partial charge in [0.05, 0.1) is 44.4 Å². The lowest BCUT2D eigenvalue weighted by Gasteiger charge is -2.24. The molecule has 0 radical (unpaired) electrons. The Balaban J connectivity index is 1.63. The lowest BCUT2D eigenvalue weighted by molar-refractivity contribution is 0.0796. The Morgan fingerprint density at radius 3 is 3.07 bits per heavy atom. The molecule has 0 fully saturated rings. The largest absolute Gasteiger partial charge is 0.491 e. The molecule has 1 aromatic heterocycles. The Morgan fingerprint density at radius 1 is 1.44 bits per heavy atom. The lowest BCUT2D eigenvalue weighted by atomic mass is 9.98. The molecule has 1 unspecified atom stereocenters. The van der Waals surface area contributed by atoms with Crippen molar-refractivity contribution in [1.82, 2.24) is 15.1 Å². The third-order valence-electron chi connectivity index (χ3n) is 4.46. The number of rotatable bonds is 8. The van der Waals surface area contributed by atoms with E-state index in [0.29, 0.717) is 44.2 Å². The molecule has 1 atom stereocenters. The predicted molar refractivity (Wildman–Crippen MR) is 101 cm³/mol. The van der Waals surface area contributed by atoms with Crippen LogP contribution < -0.4 is 10.1 Å². The van der Waals surface area contributed by atoms with Gasteiger partial charge in [-0.1, -0.05) is 6.07 Å². The summed E-state index contributed by atoms with van der Waals surface area (Å²) in [6.07, 6.45) is 1.94. The van der Waals surface area contributed by atoms with Gasteiger partial charge in [0.2, 0.25) is 0 Å². The molecule has 146 valence electrons. The van der Waals surface area contributed by atoms with E-state index in [1.165, 1.54) is 0 Å². The van der Waals surface area contributed by atoms with Crippen molar-refractivity contribution in [2.24, 2.45) is 0 Å². The second kappa shape index (κ2) is 9.01. The minimum Gasteiger partial charge on any atom is -0.491 e. The predicted octanol–water partition coefficient (Wildman–Crippen LogP) is 2.36. The Bertz CT molecular complexity index is 772. The summed E-state index contributed by atoms with van der Waals surface area (Å²) < 4.78 is 18.4. The fraction of sp³-hybridized carbons (Fsp3) is 0.500. The molecular weight excluding hydrogens is 346 g/mol. The zero-order valence-electron chi connectivity index (χ0n) is 16.1. The first kappa shape index (κ1) is 19.4. The average molecular weight is 373 g/mol. The third-order valence-corrected chi connectivity index (χ3v) is 4.46. The van der Waals surface area contributed by atoms with Crippen molar-refractivity contribution in [3.63, 3.8) is 0 Å². The van der Waals surface area contributed by atoms with Crippen molar-refractivity contribution in [3.05, 3.63) is 47.3 Å². The summed E-state index contributed by atoms with van der Waals surface area (Å²) in [6.45, 7) is 6.82. The van der Waals surface area contributed by atoms with E-state index in [1.54, 1.807) is 19.2 Å². The van der Waals surface area contributed by atoms with Crippen molar-refractivity contribution >= 4 is 5.91 Å². The summed E-state index contributed by atoms with van der Waals surface area (Å²) in [5.41, 5.74) is 2.78. The SMILES string of the molecule is COCCn1ncc2c1COCC2CNC(=O)c1cccc(OC(C)C)c1. The number of hydrogen-bond acceptors (Lipinski definition) is 5. The lowest BCUT2D eigenvalue weighted by Crippen LogP contribution is -2.32. The quantitative estimate of drug-likeness (QED) is 0.769. The molecule has 1 aliphatic rings. The molecule has 1 aliphatic heterocycles. The van der Waals surface area contributed by atoms with E-state index < -0.39 is 0 Å². The summed E-state index contributed by atoms with van der Waals surface area (Å²) in [7, 11) is 1.67. The Hall–Kier alpha value is -2.38. The van der Waals surface area contributed by atoms with Crippen LogP contribution in [0.4, 0.5) is 0 Å². The molecule has 0 saturated carbocycles. The summed E-state index contributed by atoms with van der Waals surface area (Å²) in [5, 5.41) is 7.44. The van der Waals surface area contributed by atoms with Crippen LogP contribution in [0.2, 0.25) is 0 Å². The molecule has 7 nitrogen and oxygen atoms in total. The van der Waals surface area contributed by atoms with E-state index >= 15 is 0 Å². The van der Waals surface area contributed by atoms with Crippen molar-refractivity contribution in [2.75, 3.05) is 26.9 Å². The van der Waals surface area contributed by atoms with Gasteiger partial charge in [0, 0.05) is 30.7 Å². The first-order valence-corrected chi connectivity index (χ1v) is 9.24. The van der Waals surface area contributed by atoms with Crippen molar-refractivity contribution in [1.29, 1.82) is 0 Å². The van der Waals surface area contributed by atoms with Crippen molar-refractivity contribution in [3.8, 4) is 5.75 Å². The number of benzene rings is 1. The maximum atomic E-state index is 12.5. The molecular formula is C20H27N3O4. The van der Waals surface area contributed by atoms with Crippen LogP contribution >= 0.6 is 0 Å². The molecule has 2 heterocycles. The Morgan fingerprint density at radius 2 is 2.30 bits per heavy atom. The Kier molecular flexibility index (Phi) is 6.47. The molecule has 1 amide bonds. The van der Waals surface area contributed by atoms with Gasteiger partial charge >= 0.3 is 0 Å². The summed E-state index contributed by atoms with van der Waals surface area (Å²) >= 11 is 0. The number of ether oxygens (including phenoxy) is 3. The van der Waals surface area contributed by atoms with Gasteiger partial charge in [-0.05, 0) is 32.0 Å². The van der Waals surface area contributed by atoms with E-state index in [1.807, 2.05) is 36.9 Å². The molecule has 2 aromatic rings. The highest BCUT2D eigenvalue weighted by Crippen LogP contribution is 2.26. The number of nitrogens with one attached hydrogen (secondary N) is 1.